The van der Waals surface area contributed by atoms with E-state index in [1.54, 1.807) is 37.9 Å². The molecule has 1 aliphatic rings. The van der Waals surface area contributed by atoms with Crippen molar-refractivity contribution in [3.8, 4) is 0 Å². The van der Waals surface area contributed by atoms with Crippen LogP contribution in [0.4, 0.5) is 0 Å². The molecule has 0 saturated heterocycles. The summed E-state index contributed by atoms with van der Waals surface area (Å²) in [5, 5.41) is 11.2. The summed E-state index contributed by atoms with van der Waals surface area (Å²) >= 11 is 1.76. The molecule has 1 aromatic rings. The topological polar surface area (TPSA) is 96.7 Å². The van der Waals surface area contributed by atoms with Gasteiger partial charge in [0.25, 0.3) is 0 Å². The number of likely N-dealkylation sites (N-methyl/N-ethyl adjacent to an activating group) is 1. The average Bonchev–Trinajstić information content (AvgIpc) is 3.01. The maximum atomic E-state index is 11.8. The van der Waals surface area contributed by atoms with E-state index in [1.165, 1.54) is 0 Å². The van der Waals surface area contributed by atoms with Gasteiger partial charge in [-0.05, 0) is 12.7 Å². The number of hydrogen-bond donors (Lipinski definition) is 2. The van der Waals surface area contributed by atoms with Crippen LogP contribution in [0.15, 0.2) is 4.99 Å². The van der Waals surface area contributed by atoms with Gasteiger partial charge >= 0.3 is 0 Å². The fourth-order valence-electron chi connectivity index (χ4n) is 2.57. The molecule has 0 fully saturated rings. The largest absolute Gasteiger partial charge is 0.377 e. The SMILES string of the molecule is COCc1nc2n(n1)CC(NC(=NCC(=O)N(C)C)NCCSC)CC2. The first-order valence-corrected chi connectivity index (χ1v) is 10.1. The van der Waals surface area contributed by atoms with Crippen molar-refractivity contribution < 1.29 is 9.53 Å². The maximum Gasteiger partial charge on any atom is 0.243 e. The molecule has 1 amide bonds. The zero-order chi connectivity index (χ0) is 18.9. The summed E-state index contributed by atoms with van der Waals surface area (Å²) in [5.41, 5.74) is 0. The van der Waals surface area contributed by atoms with Crippen LogP contribution in [0, 0.1) is 0 Å². The molecule has 1 atom stereocenters. The van der Waals surface area contributed by atoms with Gasteiger partial charge in [-0.3, -0.25) is 4.79 Å². The number of thioether (sulfide) groups is 1. The molecule has 0 aliphatic carbocycles. The van der Waals surface area contributed by atoms with E-state index in [-0.39, 0.29) is 18.5 Å². The van der Waals surface area contributed by atoms with Gasteiger partial charge < -0.3 is 20.3 Å². The third kappa shape index (κ3) is 6.17. The van der Waals surface area contributed by atoms with Crippen LogP contribution < -0.4 is 10.6 Å². The maximum absolute atomic E-state index is 11.8. The van der Waals surface area contributed by atoms with E-state index in [0.29, 0.717) is 18.4 Å². The summed E-state index contributed by atoms with van der Waals surface area (Å²) in [6.45, 7) is 2.06. The van der Waals surface area contributed by atoms with E-state index < -0.39 is 0 Å². The second-order valence-corrected chi connectivity index (χ2v) is 7.30. The molecule has 0 saturated carbocycles. The highest BCUT2D eigenvalue weighted by Gasteiger charge is 2.22. The second kappa shape index (κ2) is 10.4. The second-order valence-electron chi connectivity index (χ2n) is 6.31. The Morgan fingerprint density at radius 1 is 1.50 bits per heavy atom. The number of carbonyl (C=O) groups is 1. The summed E-state index contributed by atoms with van der Waals surface area (Å²) in [7, 11) is 5.11. The first kappa shape index (κ1) is 20.5. The summed E-state index contributed by atoms with van der Waals surface area (Å²) in [5.74, 6) is 3.32. The predicted molar refractivity (Wildman–Crippen MR) is 103 cm³/mol. The fourth-order valence-corrected chi connectivity index (χ4v) is 2.88. The Hall–Kier alpha value is -1.81. The first-order valence-electron chi connectivity index (χ1n) is 8.69. The molecular weight excluding hydrogens is 354 g/mol. The van der Waals surface area contributed by atoms with Crippen LogP contribution in [0.2, 0.25) is 0 Å². The summed E-state index contributed by atoms with van der Waals surface area (Å²) in [4.78, 5) is 22.3. The van der Waals surface area contributed by atoms with E-state index in [9.17, 15) is 4.79 Å². The van der Waals surface area contributed by atoms with Gasteiger partial charge in [0, 0.05) is 46.0 Å². The van der Waals surface area contributed by atoms with Crippen molar-refractivity contribution in [2.45, 2.75) is 32.0 Å². The van der Waals surface area contributed by atoms with Crippen LogP contribution in [0.1, 0.15) is 18.1 Å². The van der Waals surface area contributed by atoms with Crippen molar-refractivity contribution in [2.75, 3.05) is 46.3 Å². The number of methoxy groups -OCH3 is 1. The van der Waals surface area contributed by atoms with Crippen molar-refractivity contribution in [3.05, 3.63) is 11.6 Å². The van der Waals surface area contributed by atoms with E-state index in [0.717, 1.165) is 37.5 Å². The van der Waals surface area contributed by atoms with Crippen LogP contribution in [0.25, 0.3) is 0 Å². The Balaban J connectivity index is 1.97. The molecule has 1 unspecified atom stereocenters. The Morgan fingerprint density at radius 3 is 3.00 bits per heavy atom. The number of amides is 1. The van der Waals surface area contributed by atoms with E-state index in [2.05, 4.69) is 32.0 Å². The molecule has 2 heterocycles. The van der Waals surface area contributed by atoms with Crippen LogP contribution in [0.3, 0.4) is 0 Å². The van der Waals surface area contributed by atoms with Crippen molar-refractivity contribution >= 4 is 23.6 Å². The zero-order valence-corrected chi connectivity index (χ0v) is 16.8. The van der Waals surface area contributed by atoms with Gasteiger partial charge in [-0.1, -0.05) is 0 Å². The predicted octanol–water partition coefficient (Wildman–Crippen LogP) is -0.274. The third-order valence-electron chi connectivity index (χ3n) is 3.99. The lowest BCUT2D eigenvalue weighted by molar-refractivity contribution is -0.127. The molecule has 1 aliphatic heterocycles. The number of carbonyl (C=O) groups excluding carboxylic acids is 1. The zero-order valence-electron chi connectivity index (χ0n) is 16.0. The highest BCUT2D eigenvalue weighted by Crippen LogP contribution is 2.13. The summed E-state index contributed by atoms with van der Waals surface area (Å²) in [6.07, 6.45) is 3.85. The standard InChI is InChI=1S/C16H29N7O2S/c1-22(2)15(24)9-18-16(17-7-8-26-4)19-12-5-6-14-20-13(11-25-3)21-23(14)10-12/h12H,5-11H2,1-4H3,(H2,17,18,19). The number of nitrogens with one attached hydrogen (secondary N) is 2. The molecule has 9 nitrogen and oxygen atoms in total. The minimum Gasteiger partial charge on any atom is -0.377 e. The van der Waals surface area contributed by atoms with E-state index >= 15 is 0 Å². The Bertz CT molecular complexity index is 618. The highest BCUT2D eigenvalue weighted by molar-refractivity contribution is 7.98. The van der Waals surface area contributed by atoms with Gasteiger partial charge in [0.2, 0.25) is 5.91 Å². The molecule has 1 aromatic heterocycles. The number of aryl methyl sites for hydroxylation is 1. The van der Waals surface area contributed by atoms with Crippen LogP contribution in [0.5, 0.6) is 0 Å². The van der Waals surface area contributed by atoms with Crippen LogP contribution >= 0.6 is 11.8 Å². The molecule has 0 bridgehead atoms. The van der Waals surface area contributed by atoms with E-state index in [4.69, 9.17) is 4.74 Å². The molecule has 0 radical (unpaired) electrons. The molecule has 146 valence electrons. The quantitative estimate of drug-likeness (QED) is 0.362. The molecule has 26 heavy (non-hydrogen) atoms. The van der Waals surface area contributed by atoms with Gasteiger partial charge in [0.15, 0.2) is 11.8 Å². The smallest absolute Gasteiger partial charge is 0.243 e. The lowest BCUT2D eigenvalue weighted by atomic mass is 10.1. The van der Waals surface area contributed by atoms with Crippen molar-refractivity contribution in [1.29, 1.82) is 0 Å². The normalized spacial score (nSPS) is 16.9. The Morgan fingerprint density at radius 2 is 2.31 bits per heavy atom. The van der Waals surface area contributed by atoms with Crippen LogP contribution in [-0.4, -0.2) is 83.9 Å². The first-order chi connectivity index (χ1) is 12.5. The number of aliphatic imine (C=N–C) groups is 1. The molecule has 2 N–H and O–H groups in total. The van der Waals surface area contributed by atoms with Gasteiger partial charge in [-0.2, -0.15) is 16.9 Å². The Labute approximate surface area is 159 Å². The van der Waals surface area contributed by atoms with Crippen LogP contribution in [-0.2, 0) is 29.1 Å². The van der Waals surface area contributed by atoms with Gasteiger partial charge in [-0.15, -0.1) is 0 Å². The molecule has 10 heteroatoms. The minimum absolute atomic E-state index is 0.0256. The lowest BCUT2D eigenvalue weighted by Crippen LogP contribution is -2.48. The number of guanidine groups is 1. The molecule has 0 aromatic carbocycles. The number of rotatable bonds is 8. The Kier molecular flexibility index (Phi) is 8.17. The number of hydrogen-bond acceptors (Lipinski definition) is 6. The van der Waals surface area contributed by atoms with Crippen molar-refractivity contribution in [1.82, 2.24) is 30.3 Å². The van der Waals surface area contributed by atoms with Crippen molar-refractivity contribution in [3.63, 3.8) is 0 Å². The number of fused-ring (bicyclic) bond motifs is 1. The monoisotopic (exact) mass is 383 g/mol. The fraction of sp³-hybridized carbons (Fsp3) is 0.750. The van der Waals surface area contributed by atoms with E-state index in [1.807, 2.05) is 4.68 Å². The number of nitrogens with zero attached hydrogens (tertiary/aromatic N) is 5. The van der Waals surface area contributed by atoms with Gasteiger partial charge in [0.1, 0.15) is 19.0 Å². The highest BCUT2D eigenvalue weighted by atomic mass is 32.2. The minimum atomic E-state index is -0.0256. The number of aromatic nitrogens is 3. The molecule has 2 rings (SSSR count). The van der Waals surface area contributed by atoms with Crippen molar-refractivity contribution in [2.24, 2.45) is 4.99 Å². The molecular formula is C16H29N7O2S. The summed E-state index contributed by atoms with van der Waals surface area (Å²) < 4.78 is 7.04. The van der Waals surface area contributed by atoms with Gasteiger partial charge in [0.05, 0.1) is 6.54 Å². The third-order valence-corrected chi connectivity index (χ3v) is 4.60. The molecule has 0 spiro atoms. The average molecular weight is 384 g/mol. The number of ether oxygens (including phenoxy) is 1. The van der Waals surface area contributed by atoms with Gasteiger partial charge in [-0.25, -0.2) is 14.7 Å². The summed E-state index contributed by atoms with van der Waals surface area (Å²) in [6, 6.07) is 0.189. The lowest BCUT2D eigenvalue weighted by Gasteiger charge is -2.25.